The molecule has 0 aliphatic heterocycles. The zero-order valence-electron chi connectivity index (χ0n) is 17.4. The van der Waals surface area contributed by atoms with Gasteiger partial charge in [0.05, 0.1) is 19.1 Å². The van der Waals surface area contributed by atoms with Gasteiger partial charge < -0.3 is 14.4 Å². The molecule has 1 N–H and O–H groups in total. The van der Waals surface area contributed by atoms with Crippen molar-refractivity contribution < 1.29 is 17.9 Å². The molecule has 0 heterocycles. The molecule has 2 rings (SSSR count). The van der Waals surface area contributed by atoms with E-state index in [0.29, 0.717) is 22.2 Å². The number of aryl methyl sites for hydroxylation is 1. The van der Waals surface area contributed by atoms with Gasteiger partial charge in [-0.15, -0.1) is 0 Å². The topological polar surface area (TPSA) is 67.9 Å². The molecular weight excluding hydrogens is 412 g/mol. The van der Waals surface area contributed by atoms with Gasteiger partial charge in [-0.3, -0.25) is 4.72 Å². The van der Waals surface area contributed by atoms with Crippen molar-refractivity contribution in [3.63, 3.8) is 0 Å². The minimum absolute atomic E-state index is 0.0909. The van der Waals surface area contributed by atoms with E-state index >= 15 is 0 Å². The lowest BCUT2D eigenvalue weighted by Crippen LogP contribution is -2.24. The number of hydrogen-bond acceptors (Lipinski definition) is 5. The molecule has 0 spiro atoms. The molecule has 0 bridgehead atoms. The lowest BCUT2D eigenvalue weighted by Gasteiger charge is -2.18. The summed E-state index contributed by atoms with van der Waals surface area (Å²) in [5.41, 5.74) is 1.40. The van der Waals surface area contributed by atoms with Gasteiger partial charge >= 0.3 is 0 Å². The third kappa shape index (κ3) is 6.26. The van der Waals surface area contributed by atoms with Gasteiger partial charge in [0.15, 0.2) is 11.5 Å². The van der Waals surface area contributed by atoms with Crippen LogP contribution in [0.4, 0.5) is 5.69 Å². The number of nitrogens with one attached hydrogen (secondary N) is 1. The van der Waals surface area contributed by atoms with Gasteiger partial charge in [-0.05, 0) is 68.4 Å². The fourth-order valence-corrected chi connectivity index (χ4v) is 4.34. The maximum Gasteiger partial charge on any atom is 0.262 e. The highest BCUT2D eigenvalue weighted by atomic mass is 35.5. The average molecular weight is 441 g/mol. The van der Waals surface area contributed by atoms with Crippen molar-refractivity contribution in [2.75, 3.05) is 38.6 Å². The lowest BCUT2D eigenvalue weighted by atomic mass is 10.1. The van der Waals surface area contributed by atoms with Crippen LogP contribution >= 0.6 is 11.6 Å². The van der Waals surface area contributed by atoms with E-state index < -0.39 is 10.0 Å². The van der Waals surface area contributed by atoms with Gasteiger partial charge in [0.1, 0.15) is 0 Å². The molecule has 0 amide bonds. The highest BCUT2D eigenvalue weighted by Gasteiger charge is 2.18. The van der Waals surface area contributed by atoms with Crippen LogP contribution < -0.4 is 14.2 Å². The van der Waals surface area contributed by atoms with Crippen molar-refractivity contribution in [3.05, 3.63) is 47.0 Å². The standard InChI is InChI=1S/C21H29ClN2O4S/c1-5-24(6-2)13-7-8-16-14-17(9-11-19(16)22)23-29(25,26)18-10-12-20(27-3)21(15-18)28-4/h9-12,14-15,23H,5-8,13H2,1-4H3. The fraction of sp³-hybridized carbons (Fsp3) is 0.429. The van der Waals surface area contributed by atoms with Gasteiger partial charge in [-0.1, -0.05) is 25.4 Å². The Morgan fingerprint density at radius 3 is 2.31 bits per heavy atom. The summed E-state index contributed by atoms with van der Waals surface area (Å²) in [5.74, 6) is 0.817. The molecular formula is C21H29ClN2O4S. The van der Waals surface area contributed by atoms with Crippen LogP contribution in [0.1, 0.15) is 25.8 Å². The molecule has 8 heteroatoms. The van der Waals surface area contributed by atoms with Crippen molar-refractivity contribution >= 4 is 27.3 Å². The molecule has 0 aliphatic carbocycles. The van der Waals surface area contributed by atoms with E-state index in [1.165, 1.54) is 26.4 Å². The second-order valence-corrected chi connectivity index (χ2v) is 8.65. The third-order valence-corrected chi connectivity index (χ3v) is 6.53. The molecule has 0 aliphatic rings. The van der Waals surface area contributed by atoms with E-state index in [0.717, 1.165) is 38.0 Å². The molecule has 0 saturated carbocycles. The SMILES string of the molecule is CCN(CC)CCCc1cc(NS(=O)(=O)c2ccc(OC)c(OC)c2)ccc1Cl. The number of ether oxygens (including phenoxy) is 2. The van der Waals surface area contributed by atoms with Gasteiger partial charge in [-0.25, -0.2) is 8.42 Å². The highest BCUT2D eigenvalue weighted by Crippen LogP contribution is 2.30. The predicted molar refractivity (Wildman–Crippen MR) is 118 cm³/mol. The Labute approximate surface area is 178 Å². The van der Waals surface area contributed by atoms with Gasteiger partial charge in [0.25, 0.3) is 10.0 Å². The summed E-state index contributed by atoms with van der Waals surface area (Å²) in [4.78, 5) is 2.44. The predicted octanol–water partition coefficient (Wildman–Crippen LogP) is 4.43. The fourth-order valence-electron chi connectivity index (χ4n) is 3.06. The number of hydrogen-bond donors (Lipinski definition) is 1. The Bertz CT molecular complexity index is 915. The summed E-state index contributed by atoms with van der Waals surface area (Å²) in [6.07, 6.45) is 1.73. The molecule has 0 atom stereocenters. The molecule has 2 aromatic rings. The smallest absolute Gasteiger partial charge is 0.262 e. The van der Waals surface area contributed by atoms with Crippen molar-refractivity contribution in [2.45, 2.75) is 31.6 Å². The van der Waals surface area contributed by atoms with Crippen molar-refractivity contribution in [1.29, 1.82) is 0 Å². The van der Waals surface area contributed by atoms with Crippen LogP contribution in [-0.2, 0) is 16.4 Å². The normalized spacial score (nSPS) is 11.5. The van der Waals surface area contributed by atoms with Crippen LogP contribution in [0.3, 0.4) is 0 Å². The molecule has 160 valence electrons. The molecule has 0 fully saturated rings. The van der Waals surface area contributed by atoms with E-state index in [2.05, 4.69) is 23.5 Å². The maximum absolute atomic E-state index is 12.8. The molecule has 0 radical (unpaired) electrons. The van der Waals surface area contributed by atoms with Crippen LogP contribution in [0, 0.1) is 0 Å². The summed E-state index contributed by atoms with van der Waals surface area (Å²) in [6, 6.07) is 9.65. The summed E-state index contributed by atoms with van der Waals surface area (Å²) in [7, 11) is -0.816. The van der Waals surface area contributed by atoms with E-state index in [4.69, 9.17) is 21.1 Å². The van der Waals surface area contributed by atoms with Gasteiger partial charge in [0, 0.05) is 16.8 Å². The minimum atomic E-state index is -3.78. The van der Waals surface area contributed by atoms with Crippen LogP contribution in [-0.4, -0.2) is 47.2 Å². The number of halogens is 1. The van der Waals surface area contributed by atoms with E-state index in [-0.39, 0.29) is 4.90 Å². The van der Waals surface area contributed by atoms with E-state index in [9.17, 15) is 8.42 Å². The van der Waals surface area contributed by atoms with Crippen molar-refractivity contribution in [1.82, 2.24) is 4.90 Å². The quantitative estimate of drug-likeness (QED) is 0.559. The molecule has 0 unspecified atom stereocenters. The first-order valence-electron chi connectivity index (χ1n) is 9.60. The monoisotopic (exact) mass is 440 g/mol. The Balaban J connectivity index is 2.16. The Morgan fingerprint density at radius 1 is 1.00 bits per heavy atom. The number of rotatable bonds is 11. The first-order valence-corrected chi connectivity index (χ1v) is 11.5. The van der Waals surface area contributed by atoms with E-state index in [1.807, 2.05) is 0 Å². The average Bonchev–Trinajstić information content (AvgIpc) is 2.72. The summed E-state index contributed by atoms with van der Waals surface area (Å²) < 4.78 is 38.6. The highest BCUT2D eigenvalue weighted by molar-refractivity contribution is 7.92. The molecule has 2 aromatic carbocycles. The molecule has 6 nitrogen and oxygen atoms in total. The molecule has 29 heavy (non-hydrogen) atoms. The minimum Gasteiger partial charge on any atom is -0.493 e. The summed E-state index contributed by atoms with van der Waals surface area (Å²) >= 11 is 6.32. The Morgan fingerprint density at radius 2 is 1.69 bits per heavy atom. The Kier molecular flexibility index (Phi) is 8.61. The van der Waals surface area contributed by atoms with Crippen molar-refractivity contribution in [2.24, 2.45) is 0 Å². The Hall–Kier alpha value is -1.96. The zero-order chi connectivity index (χ0) is 21.4. The summed E-state index contributed by atoms with van der Waals surface area (Å²) in [5, 5.41) is 0.638. The lowest BCUT2D eigenvalue weighted by molar-refractivity contribution is 0.300. The molecule has 0 aromatic heterocycles. The number of methoxy groups -OCH3 is 2. The number of anilines is 1. The zero-order valence-corrected chi connectivity index (χ0v) is 18.9. The van der Waals surface area contributed by atoms with Gasteiger partial charge in [0.2, 0.25) is 0 Å². The second-order valence-electron chi connectivity index (χ2n) is 6.56. The van der Waals surface area contributed by atoms with Crippen LogP contribution in [0.25, 0.3) is 0 Å². The number of sulfonamides is 1. The van der Waals surface area contributed by atoms with Crippen LogP contribution in [0.2, 0.25) is 5.02 Å². The maximum atomic E-state index is 12.8. The second kappa shape index (κ2) is 10.7. The van der Waals surface area contributed by atoms with Crippen LogP contribution in [0.15, 0.2) is 41.3 Å². The largest absolute Gasteiger partial charge is 0.493 e. The van der Waals surface area contributed by atoms with Crippen molar-refractivity contribution in [3.8, 4) is 11.5 Å². The first-order chi connectivity index (χ1) is 13.8. The molecule has 0 saturated heterocycles. The summed E-state index contributed by atoms with van der Waals surface area (Å²) in [6.45, 7) is 7.27. The first kappa shape index (κ1) is 23.3. The van der Waals surface area contributed by atoms with Crippen LogP contribution in [0.5, 0.6) is 11.5 Å². The van der Waals surface area contributed by atoms with E-state index in [1.54, 1.807) is 24.3 Å². The number of nitrogens with zero attached hydrogens (tertiary/aromatic N) is 1. The van der Waals surface area contributed by atoms with Gasteiger partial charge in [-0.2, -0.15) is 0 Å². The number of benzene rings is 2. The third-order valence-electron chi connectivity index (χ3n) is 4.78.